The van der Waals surface area contributed by atoms with Crippen LogP contribution in [0.4, 0.5) is 5.69 Å². The largest absolute Gasteiger partial charge is 0.299 e. The molecule has 1 aromatic carbocycles. The number of para-hydroxylation sites is 1. The summed E-state index contributed by atoms with van der Waals surface area (Å²) in [5.41, 5.74) is 2.66. The van der Waals surface area contributed by atoms with Gasteiger partial charge in [-0.05, 0) is 18.6 Å². The van der Waals surface area contributed by atoms with Gasteiger partial charge in [-0.1, -0.05) is 39.0 Å². The van der Waals surface area contributed by atoms with Gasteiger partial charge in [-0.25, -0.2) is 0 Å². The van der Waals surface area contributed by atoms with Crippen molar-refractivity contribution in [3.05, 3.63) is 36.5 Å². The number of pyridine rings is 1. The summed E-state index contributed by atoms with van der Waals surface area (Å²) in [6.07, 6.45) is 3.09. The van der Waals surface area contributed by atoms with Gasteiger partial charge in [0.05, 0.1) is 17.1 Å². The molecular formula is C17H20N2O. The maximum absolute atomic E-state index is 11.9. The molecule has 2 rings (SSSR count). The van der Waals surface area contributed by atoms with Gasteiger partial charge >= 0.3 is 0 Å². The van der Waals surface area contributed by atoms with E-state index in [0.717, 1.165) is 28.7 Å². The van der Waals surface area contributed by atoms with E-state index in [1.807, 2.05) is 51.1 Å². The molecule has 0 N–H and O–H groups in total. The van der Waals surface area contributed by atoms with Gasteiger partial charge in [-0.2, -0.15) is 0 Å². The standard InChI is InChI=1S/C17H20N2O/c1-4-14(12(3)16(20)5-2)19-15-10-6-8-13-9-7-11-18-17(13)15/h6-12H,4-5H2,1-3H3. The van der Waals surface area contributed by atoms with Crippen molar-refractivity contribution in [3.63, 3.8) is 0 Å². The first-order chi connectivity index (χ1) is 9.67. The molecule has 0 fully saturated rings. The molecule has 0 bridgehead atoms. The van der Waals surface area contributed by atoms with E-state index in [1.165, 1.54) is 0 Å². The van der Waals surface area contributed by atoms with Crippen LogP contribution >= 0.6 is 0 Å². The Hall–Kier alpha value is -2.03. The van der Waals surface area contributed by atoms with Crippen LogP contribution in [0.5, 0.6) is 0 Å². The summed E-state index contributed by atoms with van der Waals surface area (Å²) in [5, 5.41) is 1.07. The molecule has 1 atom stereocenters. The summed E-state index contributed by atoms with van der Waals surface area (Å²) < 4.78 is 0. The Kier molecular flexibility index (Phi) is 4.61. The summed E-state index contributed by atoms with van der Waals surface area (Å²) in [5.74, 6) is 0.114. The molecule has 0 aliphatic heterocycles. The number of aliphatic imine (C=N–C) groups is 1. The molecule has 0 spiro atoms. The molecule has 1 unspecified atom stereocenters. The van der Waals surface area contributed by atoms with Crippen molar-refractivity contribution < 1.29 is 4.79 Å². The third kappa shape index (κ3) is 2.93. The molecule has 0 aliphatic rings. The molecule has 0 saturated heterocycles. The van der Waals surface area contributed by atoms with Crippen LogP contribution in [0.3, 0.4) is 0 Å². The summed E-state index contributed by atoms with van der Waals surface area (Å²) >= 11 is 0. The Bertz CT molecular complexity index is 641. The number of fused-ring (bicyclic) bond motifs is 1. The van der Waals surface area contributed by atoms with Gasteiger partial charge in [0.1, 0.15) is 5.78 Å². The zero-order valence-corrected chi connectivity index (χ0v) is 12.3. The maximum atomic E-state index is 11.9. The number of hydrogen-bond donors (Lipinski definition) is 0. The van der Waals surface area contributed by atoms with Gasteiger partial charge in [-0.3, -0.25) is 14.8 Å². The van der Waals surface area contributed by atoms with Crippen LogP contribution in [0.2, 0.25) is 0 Å². The van der Waals surface area contributed by atoms with Crippen LogP contribution in [0, 0.1) is 5.92 Å². The minimum absolute atomic E-state index is 0.121. The molecule has 2 aromatic rings. The number of Topliss-reactive ketones (excluding diaryl/α,β-unsaturated/α-hetero) is 1. The molecule has 0 radical (unpaired) electrons. The second kappa shape index (κ2) is 6.42. The van der Waals surface area contributed by atoms with Crippen molar-refractivity contribution in [3.8, 4) is 0 Å². The number of carbonyl (C=O) groups is 1. The quantitative estimate of drug-likeness (QED) is 0.757. The van der Waals surface area contributed by atoms with Gasteiger partial charge in [-0.15, -0.1) is 0 Å². The van der Waals surface area contributed by atoms with Gasteiger partial charge in [0, 0.05) is 23.7 Å². The first-order valence-corrected chi connectivity index (χ1v) is 7.11. The third-order valence-electron chi connectivity index (χ3n) is 3.57. The van der Waals surface area contributed by atoms with Gasteiger partial charge in [0.25, 0.3) is 0 Å². The SMILES string of the molecule is CCC(=O)C(C)C(CC)=Nc1cccc2cccnc12. The molecule has 0 saturated carbocycles. The maximum Gasteiger partial charge on any atom is 0.141 e. The molecule has 20 heavy (non-hydrogen) atoms. The van der Waals surface area contributed by atoms with Gasteiger partial charge in [0.15, 0.2) is 0 Å². The van der Waals surface area contributed by atoms with Crippen LogP contribution in [0.1, 0.15) is 33.6 Å². The summed E-state index contributed by atoms with van der Waals surface area (Å²) in [4.78, 5) is 21.0. The van der Waals surface area contributed by atoms with Crippen molar-refractivity contribution in [2.24, 2.45) is 10.9 Å². The lowest BCUT2D eigenvalue weighted by atomic mass is 9.96. The van der Waals surface area contributed by atoms with E-state index >= 15 is 0 Å². The Labute approximate surface area is 119 Å². The van der Waals surface area contributed by atoms with Crippen LogP contribution < -0.4 is 0 Å². The number of carbonyl (C=O) groups excluding carboxylic acids is 1. The monoisotopic (exact) mass is 268 g/mol. The van der Waals surface area contributed by atoms with E-state index in [-0.39, 0.29) is 11.7 Å². The van der Waals surface area contributed by atoms with Crippen molar-refractivity contribution in [1.82, 2.24) is 4.98 Å². The predicted octanol–water partition coefficient (Wildman–Crippen LogP) is 4.33. The van der Waals surface area contributed by atoms with Crippen molar-refractivity contribution in [2.45, 2.75) is 33.6 Å². The Balaban J connectivity index is 2.47. The van der Waals surface area contributed by atoms with Crippen LogP contribution in [0.25, 0.3) is 10.9 Å². The number of benzene rings is 1. The first-order valence-electron chi connectivity index (χ1n) is 7.11. The highest BCUT2D eigenvalue weighted by Crippen LogP contribution is 2.25. The zero-order valence-electron chi connectivity index (χ0n) is 12.3. The summed E-state index contributed by atoms with van der Waals surface area (Å²) in [6, 6.07) is 9.89. The van der Waals surface area contributed by atoms with Crippen LogP contribution in [-0.2, 0) is 4.79 Å². The number of ketones is 1. The Morgan fingerprint density at radius 1 is 1.20 bits per heavy atom. The normalized spacial score (nSPS) is 13.4. The van der Waals surface area contributed by atoms with Crippen molar-refractivity contribution in [2.75, 3.05) is 0 Å². The molecule has 0 amide bonds. The van der Waals surface area contributed by atoms with Crippen molar-refractivity contribution in [1.29, 1.82) is 0 Å². The average Bonchev–Trinajstić information content (AvgIpc) is 2.51. The molecule has 3 heteroatoms. The smallest absolute Gasteiger partial charge is 0.141 e. The first kappa shape index (κ1) is 14.4. The number of rotatable bonds is 5. The third-order valence-corrected chi connectivity index (χ3v) is 3.57. The fourth-order valence-corrected chi connectivity index (χ4v) is 2.31. The number of nitrogens with zero attached hydrogens (tertiary/aromatic N) is 2. The number of hydrogen-bond acceptors (Lipinski definition) is 3. The lowest BCUT2D eigenvalue weighted by Crippen LogP contribution is -2.19. The highest BCUT2D eigenvalue weighted by atomic mass is 16.1. The predicted molar refractivity (Wildman–Crippen MR) is 83.6 cm³/mol. The molecular weight excluding hydrogens is 248 g/mol. The molecule has 1 aromatic heterocycles. The van der Waals surface area contributed by atoms with Gasteiger partial charge < -0.3 is 0 Å². The minimum Gasteiger partial charge on any atom is -0.299 e. The summed E-state index contributed by atoms with van der Waals surface area (Å²) in [7, 11) is 0. The fourth-order valence-electron chi connectivity index (χ4n) is 2.31. The van der Waals surface area contributed by atoms with Crippen LogP contribution in [-0.4, -0.2) is 16.5 Å². The van der Waals surface area contributed by atoms with E-state index in [1.54, 1.807) is 6.20 Å². The van der Waals surface area contributed by atoms with Crippen molar-refractivity contribution >= 4 is 28.1 Å². The second-order valence-electron chi connectivity index (χ2n) is 4.85. The van der Waals surface area contributed by atoms with E-state index in [0.29, 0.717) is 6.42 Å². The van der Waals surface area contributed by atoms with E-state index in [2.05, 4.69) is 4.98 Å². The molecule has 0 aliphatic carbocycles. The molecule has 1 heterocycles. The lowest BCUT2D eigenvalue weighted by Gasteiger charge is -2.12. The molecule has 3 nitrogen and oxygen atoms in total. The van der Waals surface area contributed by atoms with E-state index in [9.17, 15) is 4.79 Å². The average molecular weight is 268 g/mol. The fraction of sp³-hybridized carbons (Fsp3) is 0.353. The highest BCUT2D eigenvalue weighted by molar-refractivity contribution is 6.06. The molecule has 104 valence electrons. The van der Waals surface area contributed by atoms with Crippen LogP contribution in [0.15, 0.2) is 41.5 Å². The summed E-state index contributed by atoms with van der Waals surface area (Å²) in [6.45, 7) is 5.87. The number of aromatic nitrogens is 1. The Morgan fingerprint density at radius 2 is 1.95 bits per heavy atom. The topological polar surface area (TPSA) is 42.3 Å². The highest BCUT2D eigenvalue weighted by Gasteiger charge is 2.16. The Morgan fingerprint density at radius 3 is 2.65 bits per heavy atom. The van der Waals surface area contributed by atoms with E-state index < -0.39 is 0 Å². The second-order valence-corrected chi connectivity index (χ2v) is 4.85. The van der Waals surface area contributed by atoms with E-state index in [4.69, 9.17) is 4.99 Å². The minimum atomic E-state index is -0.121. The lowest BCUT2D eigenvalue weighted by molar-refractivity contribution is -0.120. The zero-order chi connectivity index (χ0) is 14.5. The van der Waals surface area contributed by atoms with Gasteiger partial charge in [0.2, 0.25) is 0 Å².